The average Bonchev–Trinajstić information content (AvgIpc) is 2.21. The van der Waals surface area contributed by atoms with E-state index in [4.69, 9.17) is 0 Å². The molecule has 2 aliphatic rings. The smallest absolute Gasteiger partial charge is 0.000877 e. The predicted octanol–water partition coefficient (Wildman–Crippen LogP) is 2.16. The lowest BCUT2D eigenvalue weighted by Gasteiger charge is -2.41. The van der Waals surface area contributed by atoms with Gasteiger partial charge in [0.15, 0.2) is 0 Å². The Kier molecular flexibility index (Phi) is 5.49. The molecule has 2 heteroatoms. The molecule has 2 rings (SSSR count). The average molecular weight is 198 g/mol. The van der Waals surface area contributed by atoms with Crippen LogP contribution < -0.4 is 10.6 Å². The van der Waals surface area contributed by atoms with Gasteiger partial charge in [-0.3, -0.25) is 0 Å². The second-order valence-electron chi connectivity index (χ2n) is 4.74. The lowest BCUT2D eigenvalue weighted by Crippen LogP contribution is -2.46. The zero-order chi connectivity index (χ0) is 10.3. The van der Waals surface area contributed by atoms with Crippen LogP contribution in [0.5, 0.6) is 0 Å². The third-order valence-electron chi connectivity index (χ3n) is 3.22. The van der Waals surface area contributed by atoms with E-state index in [0.29, 0.717) is 5.41 Å². The highest BCUT2D eigenvalue weighted by atomic mass is 14.9. The molecule has 0 aromatic rings. The van der Waals surface area contributed by atoms with Crippen LogP contribution in [-0.2, 0) is 0 Å². The lowest BCUT2D eigenvalue weighted by atomic mass is 9.73. The fourth-order valence-corrected chi connectivity index (χ4v) is 2.41. The number of nitrogens with one attached hydrogen (secondary N) is 2. The first-order valence-corrected chi connectivity index (χ1v) is 6.24. The van der Waals surface area contributed by atoms with Crippen LogP contribution in [0, 0.1) is 5.41 Å². The summed E-state index contributed by atoms with van der Waals surface area (Å²) in [6, 6.07) is 0. The van der Waals surface area contributed by atoms with Gasteiger partial charge in [0.05, 0.1) is 0 Å². The molecule has 2 heterocycles. The van der Waals surface area contributed by atoms with Gasteiger partial charge in [-0.25, -0.2) is 0 Å². The van der Waals surface area contributed by atoms with Gasteiger partial charge in [0, 0.05) is 6.54 Å². The van der Waals surface area contributed by atoms with Gasteiger partial charge >= 0.3 is 0 Å². The van der Waals surface area contributed by atoms with Crippen LogP contribution in [0.2, 0.25) is 0 Å². The molecule has 2 saturated heterocycles. The Bertz CT molecular complexity index is 114. The summed E-state index contributed by atoms with van der Waals surface area (Å²) in [7, 11) is 0. The second kappa shape index (κ2) is 6.41. The van der Waals surface area contributed by atoms with Gasteiger partial charge in [0.2, 0.25) is 0 Å². The number of rotatable bonds is 0. The van der Waals surface area contributed by atoms with Crippen molar-refractivity contribution in [2.45, 2.75) is 46.0 Å². The third-order valence-corrected chi connectivity index (χ3v) is 3.22. The maximum Gasteiger partial charge on any atom is 0.000877 e. The molecule has 14 heavy (non-hydrogen) atoms. The molecule has 2 aliphatic heterocycles. The van der Waals surface area contributed by atoms with E-state index in [1.807, 2.05) is 0 Å². The normalized spacial score (nSPS) is 25.3. The first kappa shape index (κ1) is 12.0. The van der Waals surface area contributed by atoms with Crippen LogP contribution in [0.15, 0.2) is 0 Å². The van der Waals surface area contributed by atoms with Gasteiger partial charge in [0.1, 0.15) is 0 Å². The van der Waals surface area contributed by atoms with Crippen molar-refractivity contribution in [1.29, 1.82) is 0 Å². The predicted molar refractivity (Wildman–Crippen MR) is 62.6 cm³/mol. The molecule has 0 amide bonds. The van der Waals surface area contributed by atoms with Gasteiger partial charge in [-0.15, -0.1) is 0 Å². The van der Waals surface area contributed by atoms with Gasteiger partial charge in [0.25, 0.3) is 0 Å². The zero-order valence-electron chi connectivity index (χ0n) is 9.86. The molecule has 1 spiro atoms. The molecule has 0 bridgehead atoms. The maximum atomic E-state index is 3.52. The number of hydrogen-bond acceptors (Lipinski definition) is 2. The van der Waals surface area contributed by atoms with Gasteiger partial charge in [-0.05, 0) is 50.7 Å². The molecule has 0 radical (unpaired) electrons. The topological polar surface area (TPSA) is 24.1 Å². The van der Waals surface area contributed by atoms with Crippen LogP contribution in [0.4, 0.5) is 0 Å². The molecular weight excluding hydrogens is 172 g/mol. The van der Waals surface area contributed by atoms with Crippen LogP contribution in [0.1, 0.15) is 46.0 Å². The second-order valence-corrected chi connectivity index (χ2v) is 4.74. The van der Waals surface area contributed by atoms with Crippen molar-refractivity contribution in [3.63, 3.8) is 0 Å². The van der Waals surface area contributed by atoms with Crippen LogP contribution in [0.25, 0.3) is 0 Å². The van der Waals surface area contributed by atoms with Crippen molar-refractivity contribution in [3.8, 4) is 0 Å². The molecule has 0 aliphatic carbocycles. The van der Waals surface area contributed by atoms with E-state index in [-0.39, 0.29) is 0 Å². The fourth-order valence-electron chi connectivity index (χ4n) is 2.41. The Balaban J connectivity index is 0.000000293. The Morgan fingerprint density at radius 2 is 1.57 bits per heavy atom. The van der Waals surface area contributed by atoms with Crippen LogP contribution in [0.3, 0.4) is 0 Å². The van der Waals surface area contributed by atoms with Crippen molar-refractivity contribution in [2.24, 2.45) is 5.41 Å². The van der Waals surface area contributed by atoms with Crippen molar-refractivity contribution in [1.82, 2.24) is 10.6 Å². The quantitative estimate of drug-likeness (QED) is 0.623. The van der Waals surface area contributed by atoms with Crippen LogP contribution >= 0.6 is 0 Å². The zero-order valence-corrected chi connectivity index (χ0v) is 9.86. The third kappa shape index (κ3) is 3.58. The van der Waals surface area contributed by atoms with Crippen molar-refractivity contribution >= 4 is 0 Å². The molecular formula is C12H26N2. The van der Waals surface area contributed by atoms with E-state index in [1.165, 1.54) is 58.3 Å². The molecule has 0 unspecified atom stereocenters. The number of piperidine rings is 2. The Morgan fingerprint density at radius 3 is 2.07 bits per heavy atom. The van der Waals surface area contributed by atoms with Crippen molar-refractivity contribution < 1.29 is 0 Å². The van der Waals surface area contributed by atoms with Crippen molar-refractivity contribution in [2.75, 3.05) is 26.2 Å². The molecule has 2 nitrogen and oxygen atoms in total. The van der Waals surface area contributed by atoms with Gasteiger partial charge < -0.3 is 10.6 Å². The van der Waals surface area contributed by atoms with Gasteiger partial charge in [-0.2, -0.15) is 0 Å². The minimum absolute atomic E-state index is 0.684. The Labute approximate surface area is 88.8 Å². The van der Waals surface area contributed by atoms with E-state index < -0.39 is 0 Å². The fraction of sp³-hybridized carbons (Fsp3) is 1.00. The molecule has 84 valence electrons. The highest BCUT2D eigenvalue weighted by molar-refractivity contribution is 4.89. The number of hydrogen-bond donors (Lipinski definition) is 2. The lowest BCUT2D eigenvalue weighted by molar-refractivity contribution is 0.150. The summed E-state index contributed by atoms with van der Waals surface area (Å²) < 4.78 is 0. The van der Waals surface area contributed by atoms with Crippen LogP contribution in [-0.4, -0.2) is 26.2 Å². The standard InChI is InChI=1S/C9H18N2.C3H8/c1-2-9(8-11-5-1)3-6-10-7-4-9;1-3-2/h10-11H,1-8H2;3H2,1-2H3. The van der Waals surface area contributed by atoms with E-state index in [2.05, 4.69) is 24.5 Å². The Morgan fingerprint density at radius 1 is 0.929 bits per heavy atom. The van der Waals surface area contributed by atoms with Gasteiger partial charge in [-0.1, -0.05) is 20.3 Å². The minimum atomic E-state index is 0.684. The molecule has 2 N–H and O–H groups in total. The Hall–Kier alpha value is -0.0800. The highest BCUT2D eigenvalue weighted by Gasteiger charge is 2.32. The largest absolute Gasteiger partial charge is 0.317 e. The minimum Gasteiger partial charge on any atom is -0.317 e. The van der Waals surface area contributed by atoms with E-state index in [1.54, 1.807) is 0 Å². The first-order chi connectivity index (χ1) is 6.83. The summed E-state index contributed by atoms with van der Waals surface area (Å²) in [4.78, 5) is 0. The summed E-state index contributed by atoms with van der Waals surface area (Å²) in [6.07, 6.45) is 6.88. The molecule has 0 aromatic heterocycles. The summed E-state index contributed by atoms with van der Waals surface area (Å²) >= 11 is 0. The molecule has 0 saturated carbocycles. The van der Waals surface area contributed by atoms with E-state index in [9.17, 15) is 0 Å². The summed E-state index contributed by atoms with van der Waals surface area (Å²) in [5.74, 6) is 0. The summed E-state index contributed by atoms with van der Waals surface area (Å²) in [5, 5.41) is 6.95. The van der Waals surface area contributed by atoms with E-state index >= 15 is 0 Å². The SMILES string of the molecule is C1CNCC2(C1)CCNCC2.CCC. The molecule has 0 atom stereocenters. The molecule has 2 fully saturated rings. The monoisotopic (exact) mass is 198 g/mol. The molecule has 0 aromatic carbocycles. The summed E-state index contributed by atoms with van der Waals surface area (Å²) in [6.45, 7) is 9.24. The van der Waals surface area contributed by atoms with Crippen molar-refractivity contribution in [3.05, 3.63) is 0 Å². The summed E-state index contributed by atoms with van der Waals surface area (Å²) in [5.41, 5.74) is 0.684. The highest BCUT2D eigenvalue weighted by Crippen LogP contribution is 2.34. The first-order valence-electron chi connectivity index (χ1n) is 6.24. The maximum absolute atomic E-state index is 3.52. The van der Waals surface area contributed by atoms with E-state index in [0.717, 1.165) is 0 Å².